The molecule has 0 unspecified atom stereocenters. The van der Waals surface area contributed by atoms with Gasteiger partial charge in [0.15, 0.2) is 0 Å². The van der Waals surface area contributed by atoms with Crippen LogP contribution in [0.4, 0.5) is 25.0 Å². The lowest BCUT2D eigenvalue weighted by Crippen LogP contribution is -2.27. The second kappa shape index (κ2) is 5.88. The summed E-state index contributed by atoms with van der Waals surface area (Å²) in [5.74, 6) is 0.792. The van der Waals surface area contributed by atoms with Crippen LogP contribution >= 0.6 is 11.6 Å². The summed E-state index contributed by atoms with van der Waals surface area (Å²) in [6.45, 7) is 2.83. The Morgan fingerprint density at radius 3 is 2.78 bits per heavy atom. The van der Waals surface area contributed by atoms with Gasteiger partial charge in [0, 0.05) is 32.3 Å². The first kappa shape index (κ1) is 15.9. The van der Waals surface area contributed by atoms with Crippen molar-refractivity contribution in [2.24, 2.45) is 0 Å². The summed E-state index contributed by atoms with van der Waals surface area (Å²) in [5, 5.41) is 10.6. The molecule has 124 valence electrons. The maximum Gasteiger partial charge on any atom is 0.417 e. The average Bonchev–Trinajstić information content (AvgIpc) is 3.07. The van der Waals surface area contributed by atoms with E-state index in [0.717, 1.165) is 18.7 Å². The van der Waals surface area contributed by atoms with Crippen LogP contribution in [0.15, 0.2) is 16.7 Å². The van der Waals surface area contributed by atoms with E-state index in [2.05, 4.69) is 20.5 Å². The Morgan fingerprint density at radius 2 is 2.17 bits per heavy atom. The number of nitrogens with zero attached hydrogens (tertiary/aromatic N) is 4. The lowest BCUT2D eigenvalue weighted by molar-refractivity contribution is -0.137. The number of alkyl halides is 3. The second-order valence-corrected chi connectivity index (χ2v) is 5.64. The van der Waals surface area contributed by atoms with Gasteiger partial charge in [0.25, 0.3) is 0 Å². The van der Waals surface area contributed by atoms with E-state index >= 15 is 0 Å². The molecule has 3 heterocycles. The first-order valence-corrected chi connectivity index (χ1v) is 7.25. The lowest BCUT2D eigenvalue weighted by atomic mass is 10.2. The van der Waals surface area contributed by atoms with E-state index in [9.17, 15) is 13.2 Å². The Labute approximate surface area is 134 Å². The van der Waals surface area contributed by atoms with Gasteiger partial charge in [0.1, 0.15) is 5.82 Å². The molecule has 0 amide bonds. The Kier molecular flexibility index (Phi) is 4.05. The Morgan fingerprint density at radius 1 is 1.39 bits per heavy atom. The molecule has 1 atom stereocenters. The van der Waals surface area contributed by atoms with Crippen LogP contribution in [0.5, 0.6) is 0 Å². The minimum atomic E-state index is -4.46. The van der Waals surface area contributed by atoms with E-state index in [1.807, 2.05) is 4.90 Å². The molecule has 0 aliphatic carbocycles. The molecule has 23 heavy (non-hydrogen) atoms. The molecule has 10 heteroatoms. The van der Waals surface area contributed by atoms with Crippen molar-refractivity contribution in [3.05, 3.63) is 28.7 Å². The molecule has 1 N–H and O–H groups in total. The molecule has 2 aromatic rings. The number of pyridine rings is 1. The maximum atomic E-state index is 12.6. The third-order valence-electron chi connectivity index (χ3n) is 3.49. The predicted molar refractivity (Wildman–Crippen MR) is 77.5 cm³/mol. The summed E-state index contributed by atoms with van der Waals surface area (Å²) in [4.78, 5) is 5.69. The molecule has 6 nitrogen and oxygen atoms in total. The molecule has 3 rings (SSSR count). The van der Waals surface area contributed by atoms with Crippen molar-refractivity contribution in [3.8, 4) is 0 Å². The molecule has 1 aliphatic heterocycles. The number of anilines is 2. The standard InChI is InChI=1S/C13H13ClF3N5O/c1-7-20-21-12(23-7)19-9-2-3-22(6-9)11-10(14)4-8(5-18-11)13(15,16)17/h4-5,9H,2-3,6H2,1H3,(H,19,21)/t9-/m0/s1. The number of halogens is 4. The highest BCUT2D eigenvalue weighted by molar-refractivity contribution is 6.33. The molecule has 0 radical (unpaired) electrons. The van der Waals surface area contributed by atoms with E-state index < -0.39 is 11.7 Å². The first-order chi connectivity index (χ1) is 10.8. The molecule has 1 aliphatic rings. The molecular formula is C13H13ClF3N5O. The summed E-state index contributed by atoms with van der Waals surface area (Å²) >= 11 is 5.96. The van der Waals surface area contributed by atoms with Crippen LogP contribution in [0.3, 0.4) is 0 Å². The van der Waals surface area contributed by atoms with Gasteiger partial charge in [-0.15, -0.1) is 5.10 Å². The summed E-state index contributed by atoms with van der Waals surface area (Å²) in [7, 11) is 0. The van der Waals surface area contributed by atoms with Crippen LogP contribution in [0.1, 0.15) is 17.9 Å². The van der Waals surface area contributed by atoms with Gasteiger partial charge in [-0.1, -0.05) is 16.7 Å². The molecule has 1 saturated heterocycles. The van der Waals surface area contributed by atoms with Crippen molar-refractivity contribution in [2.75, 3.05) is 23.3 Å². The molecule has 2 aromatic heterocycles. The van der Waals surface area contributed by atoms with Gasteiger partial charge in [-0.05, 0) is 12.5 Å². The fourth-order valence-corrected chi connectivity index (χ4v) is 2.70. The van der Waals surface area contributed by atoms with Crippen LogP contribution in [0.2, 0.25) is 5.02 Å². The largest absolute Gasteiger partial charge is 0.417 e. The highest BCUT2D eigenvalue weighted by Gasteiger charge is 2.33. The van der Waals surface area contributed by atoms with Crippen molar-refractivity contribution < 1.29 is 17.6 Å². The van der Waals surface area contributed by atoms with E-state index in [-0.39, 0.29) is 11.1 Å². The Bertz CT molecular complexity index is 705. The van der Waals surface area contributed by atoms with E-state index in [0.29, 0.717) is 30.8 Å². The normalized spacial score (nSPS) is 18.5. The number of hydrogen-bond acceptors (Lipinski definition) is 6. The van der Waals surface area contributed by atoms with Crippen LogP contribution < -0.4 is 10.2 Å². The van der Waals surface area contributed by atoms with Crippen LogP contribution in [0, 0.1) is 6.92 Å². The molecule has 0 spiro atoms. The van der Waals surface area contributed by atoms with Crippen molar-refractivity contribution in [1.82, 2.24) is 15.2 Å². The lowest BCUT2D eigenvalue weighted by Gasteiger charge is -2.19. The first-order valence-electron chi connectivity index (χ1n) is 6.87. The summed E-state index contributed by atoms with van der Waals surface area (Å²) in [6, 6.07) is 1.24. The highest BCUT2D eigenvalue weighted by Crippen LogP contribution is 2.34. The third-order valence-corrected chi connectivity index (χ3v) is 3.77. The van der Waals surface area contributed by atoms with Gasteiger partial charge < -0.3 is 14.6 Å². The fourth-order valence-electron chi connectivity index (χ4n) is 2.42. The van der Waals surface area contributed by atoms with Gasteiger partial charge in [0.05, 0.1) is 10.6 Å². The highest BCUT2D eigenvalue weighted by atomic mass is 35.5. The quantitative estimate of drug-likeness (QED) is 0.920. The van der Waals surface area contributed by atoms with Crippen molar-refractivity contribution in [3.63, 3.8) is 0 Å². The zero-order chi connectivity index (χ0) is 16.6. The zero-order valence-electron chi connectivity index (χ0n) is 12.1. The van der Waals surface area contributed by atoms with Gasteiger partial charge in [0.2, 0.25) is 5.89 Å². The van der Waals surface area contributed by atoms with Crippen molar-refractivity contribution in [2.45, 2.75) is 25.6 Å². The van der Waals surface area contributed by atoms with Crippen molar-refractivity contribution in [1.29, 1.82) is 0 Å². The molecular weight excluding hydrogens is 335 g/mol. The van der Waals surface area contributed by atoms with E-state index in [4.69, 9.17) is 16.0 Å². The van der Waals surface area contributed by atoms with Gasteiger partial charge in [-0.25, -0.2) is 4.98 Å². The third kappa shape index (κ3) is 3.49. The number of hydrogen-bond donors (Lipinski definition) is 1. The SMILES string of the molecule is Cc1nnc(N[C@H]2CCN(c3ncc(C(F)(F)F)cc3Cl)C2)o1. The average molecular weight is 348 g/mol. The van der Waals surface area contributed by atoms with E-state index in [1.165, 1.54) is 0 Å². The Balaban J connectivity index is 1.69. The van der Waals surface area contributed by atoms with Gasteiger partial charge >= 0.3 is 12.2 Å². The molecule has 0 saturated carbocycles. The fraction of sp³-hybridized carbons (Fsp3) is 0.462. The number of rotatable bonds is 3. The summed E-state index contributed by atoms with van der Waals surface area (Å²) < 4.78 is 43.2. The van der Waals surface area contributed by atoms with Crippen molar-refractivity contribution >= 4 is 23.4 Å². The van der Waals surface area contributed by atoms with Crippen LogP contribution in [0.25, 0.3) is 0 Å². The number of nitrogens with one attached hydrogen (secondary N) is 1. The molecule has 0 aromatic carbocycles. The molecule has 0 bridgehead atoms. The smallest absolute Gasteiger partial charge is 0.408 e. The minimum absolute atomic E-state index is 0.0193. The topological polar surface area (TPSA) is 67.1 Å². The number of aromatic nitrogens is 3. The van der Waals surface area contributed by atoms with E-state index in [1.54, 1.807) is 6.92 Å². The zero-order valence-corrected chi connectivity index (χ0v) is 12.8. The van der Waals surface area contributed by atoms with Gasteiger partial charge in [-0.2, -0.15) is 13.2 Å². The number of aryl methyl sites for hydroxylation is 1. The monoisotopic (exact) mass is 347 g/mol. The van der Waals surface area contributed by atoms with Gasteiger partial charge in [-0.3, -0.25) is 0 Å². The Hall–Kier alpha value is -2.03. The summed E-state index contributed by atoms with van der Waals surface area (Å²) in [6.07, 6.45) is -2.91. The summed E-state index contributed by atoms with van der Waals surface area (Å²) in [5.41, 5.74) is -0.860. The van der Waals surface area contributed by atoms with Crippen LogP contribution in [-0.4, -0.2) is 34.3 Å². The maximum absolute atomic E-state index is 12.6. The second-order valence-electron chi connectivity index (χ2n) is 5.23. The predicted octanol–water partition coefficient (Wildman–Crippen LogP) is 3.14. The molecule has 1 fully saturated rings. The van der Waals surface area contributed by atoms with Crippen LogP contribution in [-0.2, 0) is 6.18 Å². The minimum Gasteiger partial charge on any atom is -0.408 e.